The highest BCUT2D eigenvalue weighted by Gasteiger charge is 2.17. The van der Waals surface area contributed by atoms with E-state index in [0.29, 0.717) is 0 Å². The third kappa shape index (κ3) is 2.65. The second-order valence-corrected chi connectivity index (χ2v) is 5.08. The first-order valence-electron chi connectivity index (χ1n) is 6.25. The highest BCUT2D eigenvalue weighted by atomic mass is 14.6. The zero-order chi connectivity index (χ0) is 14.0. The van der Waals surface area contributed by atoms with Crippen LogP contribution in [0.5, 0.6) is 0 Å². The van der Waals surface area contributed by atoms with E-state index in [9.17, 15) is 0 Å². The molecule has 0 aliphatic rings. The molecule has 98 valence electrons. The van der Waals surface area contributed by atoms with Crippen LogP contribution in [0.4, 0.5) is 5.69 Å². The van der Waals surface area contributed by atoms with Crippen LogP contribution in [0.3, 0.4) is 0 Å². The summed E-state index contributed by atoms with van der Waals surface area (Å²) in [4.78, 5) is 0. The number of benzene rings is 1. The van der Waals surface area contributed by atoms with Crippen LogP contribution in [0, 0.1) is 13.8 Å². The van der Waals surface area contributed by atoms with Crippen molar-refractivity contribution in [3.8, 4) is 0 Å². The Morgan fingerprint density at radius 2 is 1.78 bits per heavy atom. The van der Waals surface area contributed by atoms with Crippen LogP contribution in [0.2, 0.25) is 0 Å². The summed E-state index contributed by atoms with van der Waals surface area (Å²) in [5.74, 6) is 0. The SMILES string of the molecule is C=C(C)/C(C)=C(/c1c(N)ccc(C)c1C)C(C)N. The summed E-state index contributed by atoms with van der Waals surface area (Å²) in [5.41, 5.74) is 19.8. The number of nitrogen functional groups attached to an aromatic ring is 1. The van der Waals surface area contributed by atoms with E-state index in [1.54, 1.807) is 0 Å². The molecule has 0 aliphatic carbocycles. The highest BCUT2D eigenvalue weighted by Crippen LogP contribution is 2.33. The minimum atomic E-state index is -0.0653. The standard InChI is InChI=1S/C16H24N2/c1-9(2)11(4)15(13(6)17)16-12(5)10(3)7-8-14(16)18/h7-8,13H,1,17-18H2,2-6H3/b15-11+. The Labute approximate surface area is 110 Å². The molecule has 0 radical (unpaired) electrons. The number of hydrogen-bond acceptors (Lipinski definition) is 2. The number of aryl methyl sites for hydroxylation is 1. The molecule has 1 unspecified atom stereocenters. The van der Waals surface area contributed by atoms with E-state index >= 15 is 0 Å². The van der Waals surface area contributed by atoms with E-state index in [4.69, 9.17) is 11.5 Å². The minimum absolute atomic E-state index is 0.0653. The largest absolute Gasteiger partial charge is 0.398 e. The Bertz CT molecular complexity index is 508. The van der Waals surface area contributed by atoms with E-state index in [0.717, 1.165) is 28.0 Å². The second kappa shape index (κ2) is 5.40. The fraction of sp³-hybridized carbons (Fsp3) is 0.375. The number of nitrogens with two attached hydrogens (primary N) is 2. The van der Waals surface area contributed by atoms with Gasteiger partial charge < -0.3 is 11.5 Å². The van der Waals surface area contributed by atoms with Gasteiger partial charge in [-0.25, -0.2) is 0 Å². The smallest absolute Gasteiger partial charge is 0.0394 e. The van der Waals surface area contributed by atoms with E-state index < -0.39 is 0 Å². The average molecular weight is 244 g/mol. The lowest BCUT2D eigenvalue weighted by Crippen LogP contribution is -2.20. The summed E-state index contributed by atoms with van der Waals surface area (Å²) in [6.45, 7) is 14.2. The molecular weight excluding hydrogens is 220 g/mol. The summed E-state index contributed by atoms with van der Waals surface area (Å²) < 4.78 is 0. The van der Waals surface area contributed by atoms with Crippen molar-refractivity contribution in [3.63, 3.8) is 0 Å². The zero-order valence-corrected chi connectivity index (χ0v) is 12.1. The molecule has 0 fully saturated rings. The Hall–Kier alpha value is -1.54. The van der Waals surface area contributed by atoms with Gasteiger partial charge in [0.05, 0.1) is 0 Å². The van der Waals surface area contributed by atoms with Crippen molar-refractivity contribution in [3.05, 3.63) is 46.5 Å². The van der Waals surface area contributed by atoms with Gasteiger partial charge >= 0.3 is 0 Å². The maximum atomic E-state index is 6.15. The molecule has 0 spiro atoms. The monoisotopic (exact) mass is 244 g/mol. The Morgan fingerprint density at radius 3 is 2.22 bits per heavy atom. The fourth-order valence-electron chi connectivity index (χ4n) is 2.18. The Balaban J connectivity index is 3.65. The van der Waals surface area contributed by atoms with Crippen LogP contribution >= 0.6 is 0 Å². The van der Waals surface area contributed by atoms with Crippen molar-refractivity contribution in [2.45, 2.75) is 40.7 Å². The molecule has 0 aliphatic heterocycles. The molecule has 0 aromatic heterocycles. The predicted molar refractivity (Wildman–Crippen MR) is 81.4 cm³/mol. The summed E-state index contributed by atoms with van der Waals surface area (Å²) >= 11 is 0. The molecule has 0 amide bonds. The van der Waals surface area contributed by atoms with Gasteiger partial charge in [-0.15, -0.1) is 0 Å². The first kappa shape index (κ1) is 14.5. The normalized spacial score (nSPS) is 14.1. The molecule has 1 aromatic carbocycles. The third-order valence-corrected chi connectivity index (χ3v) is 3.54. The van der Waals surface area contributed by atoms with Crippen molar-refractivity contribution in [1.29, 1.82) is 0 Å². The molecule has 0 bridgehead atoms. The molecule has 1 atom stereocenters. The molecule has 4 N–H and O–H groups in total. The molecule has 0 saturated heterocycles. The van der Waals surface area contributed by atoms with Gasteiger partial charge in [0.1, 0.15) is 0 Å². The number of hydrogen-bond donors (Lipinski definition) is 2. The maximum Gasteiger partial charge on any atom is 0.0394 e. The molecule has 1 rings (SSSR count). The summed E-state index contributed by atoms with van der Waals surface area (Å²) in [6, 6.07) is 3.93. The summed E-state index contributed by atoms with van der Waals surface area (Å²) in [6.07, 6.45) is 0. The van der Waals surface area contributed by atoms with Crippen LogP contribution < -0.4 is 11.5 Å². The Morgan fingerprint density at radius 1 is 1.22 bits per heavy atom. The van der Waals surface area contributed by atoms with Crippen LogP contribution in [0.15, 0.2) is 29.9 Å². The number of allylic oxidation sites excluding steroid dienone is 2. The second-order valence-electron chi connectivity index (χ2n) is 5.08. The Kier molecular flexibility index (Phi) is 4.36. The minimum Gasteiger partial charge on any atom is -0.398 e. The maximum absolute atomic E-state index is 6.15. The van der Waals surface area contributed by atoms with Crippen LogP contribution in [-0.4, -0.2) is 6.04 Å². The van der Waals surface area contributed by atoms with Crippen molar-refractivity contribution >= 4 is 11.3 Å². The molecule has 2 nitrogen and oxygen atoms in total. The molecule has 2 heteroatoms. The van der Waals surface area contributed by atoms with E-state index in [2.05, 4.69) is 27.4 Å². The van der Waals surface area contributed by atoms with Crippen LogP contribution in [0.1, 0.15) is 37.5 Å². The van der Waals surface area contributed by atoms with E-state index in [-0.39, 0.29) is 6.04 Å². The number of rotatable bonds is 3. The molecule has 0 saturated carbocycles. The first-order valence-corrected chi connectivity index (χ1v) is 6.25. The first-order chi connectivity index (χ1) is 8.27. The zero-order valence-electron chi connectivity index (χ0n) is 12.1. The average Bonchev–Trinajstić information content (AvgIpc) is 2.28. The topological polar surface area (TPSA) is 52.0 Å². The number of anilines is 1. The molecule has 1 aromatic rings. The van der Waals surface area contributed by atoms with Crippen molar-refractivity contribution in [2.24, 2.45) is 5.73 Å². The molecule has 0 heterocycles. The molecule has 18 heavy (non-hydrogen) atoms. The predicted octanol–water partition coefficient (Wildman–Crippen LogP) is 3.58. The van der Waals surface area contributed by atoms with Gasteiger partial charge in [-0.05, 0) is 63.0 Å². The summed E-state index contributed by atoms with van der Waals surface area (Å²) in [5, 5.41) is 0. The van der Waals surface area contributed by atoms with Crippen molar-refractivity contribution < 1.29 is 0 Å². The third-order valence-electron chi connectivity index (χ3n) is 3.54. The van der Waals surface area contributed by atoms with Crippen LogP contribution in [0.25, 0.3) is 5.57 Å². The van der Waals surface area contributed by atoms with Gasteiger partial charge in [-0.3, -0.25) is 0 Å². The lowest BCUT2D eigenvalue weighted by Gasteiger charge is -2.21. The van der Waals surface area contributed by atoms with Gasteiger partial charge in [0.15, 0.2) is 0 Å². The highest BCUT2D eigenvalue weighted by molar-refractivity contribution is 5.83. The quantitative estimate of drug-likeness (QED) is 0.630. The lowest BCUT2D eigenvalue weighted by atomic mass is 9.87. The van der Waals surface area contributed by atoms with Crippen molar-refractivity contribution in [2.75, 3.05) is 5.73 Å². The van der Waals surface area contributed by atoms with Gasteiger partial charge in [-0.2, -0.15) is 0 Å². The molecular formula is C16H24N2. The van der Waals surface area contributed by atoms with Gasteiger partial charge in [-0.1, -0.05) is 18.2 Å². The van der Waals surface area contributed by atoms with Gasteiger partial charge in [0.25, 0.3) is 0 Å². The van der Waals surface area contributed by atoms with E-state index in [1.165, 1.54) is 11.1 Å². The fourth-order valence-corrected chi connectivity index (χ4v) is 2.18. The van der Waals surface area contributed by atoms with E-state index in [1.807, 2.05) is 26.0 Å². The lowest BCUT2D eigenvalue weighted by molar-refractivity contribution is 0.935. The van der Waals surface area contributed by atoms with Gasteiger partial charge in [0, 0.05) is 17.3 Å². The van der Waals surface area contributed by atoms with Crippen molar-refractivity contribution in [1.82, 2.24) is 0 Å². The van der Waals surface area contributed by atoms with Crippen LogP contribution in [-0.2, 0) is 0 Å². The summed E-state index contributed by atoms with van der Waals surface area (Å²) in [7, 11) is 0. The van der Waals surface area contributed by atoms with Gasteiger partial charge in [0.2, 0.25) is 0 Å².